The maximum Gasteiger partial charge on any atom is 0.394 e. The van der Waals surface area contributed by atoms with Crippen LogP contribution in [0.25, 0.3) is 177 Å². The van der Waals surface area contributed by atoms with E-state index in [0.29, 0.717) is 61.2 Å². The van der Waals surface area contributed by atoms with E-state index in [1.807, 2.05) is 141 Å². The molecule has 13 nitrogen and oxygen atoms in total. The SMILES string of the molecule is Cc1cc2c(oc3nc(F)cc(F)c32)c(-c2c3ccc(C4CCCC4)cc3cc[n+]2C)c1C.Cc1cc2c(oc3nc(F)cc(F)c32)c(-c2c3ccc(CC(C)(C)C(F)(F)F)cc3cc[n+]2C)c1C.Cc1cc2c(oc3nc(F)cc(F)c32)c(-c2c3ccc(CC(C)(C)C)cc3cc[n+]2C)c1C.Cc1ccc2c(oc3nc(F)ccc32)c1-c1c2ccccc2nc[n+]1C. The molecule has 0 radical (unpaired) electrons. The van der Waals surface area contributed by atoms with E-state index < -0.39 is 52.8 Å². The zero-order chi connectivity index (χ0) is 90.5. The van der Waals surface area contributed by atoms with Gasteiger partial charge in [0.2, 0.25) is 63.7 Å². The Hall–Kier alpha value is -13.6. The van der Waals surface area contributed by atoms with E-state index in [1.54, 1.807) is 36.7 Å². The lowest BCUT2D eigenvalue weighted by molar-refractivity contribution is -0.662. The number of furan rings is 4. The minimum Gasteiger partial charge on any atom is -0.437 e. The van der Waals surface area contributed by atoms with Gasteiger partial charge in [-0.15, -0.1) is 0 Å². The number of para-hydroxylation sites is 1. The van der Waals surface area contributed by atoms with Gasteiger partial charge in [-0.05, 0) is 223 Å². The molecule has 128 heavy (non-hydrogen) atoms. The van der Waals surface area contributed by atoms with Crippen LogP contribution >= 0.6 is 0 Å². The summed E-state index contributed by atoms with van der Waals surface area (Å²) in [4.78, 5) is 19.8. The number of benzene rings is 8. The highest BCUT2D eigenvalue weighted by molar-refractivity contribution is 6.16. The summed E-state index contributed by atoms with van der Waals surface area (Å²) in [7, 11) is 7.82. The zero-order valence-electron chi connectivity index (χ0n) is 73.6. The van der Waals surface area contributed by atoms with Gasteiger partial charge in [0.15, 0.2) is 40.9 Å². The summed E-state index contributed by atoms with van der Waals surface area (Å²) in [5.41, 5.74) is 18.9. The molecular formula is C105H91F10N9O4+4. The fourth-order valence-corrected chi connectivity index (χ4v) is 18.8. The standard InChI is InChI=1S/C28H24F5N2O.C28H25F2N2O.C28H27F2N2O.C21H15FN3O/c1-14-10-19-23-20(29)12-21(30)34-26(23)36-25(19)22(15(14)2)24-18-7-6-16(11-17(18)8-9-35(24)5)13-27(3,4)28(31,32)33;1-15-12-21-25-22(29)14-23(30)31-28(25)33-27(21)24(16(15)2)26-20-9-8-18(17-6-4-5-7-17)13-19(20)10-11-32(26)3;1-15-11-20-24-21(29)13-22(30)31-27(24)33-26(20)23(16(15)2)25-19-8-7-17(14-28(3,4)5)12-18(19)9-10-32(25)6;1-12-7-8-13-14-9-10-17(22)24-21(14)26-20(13)18(12)19-15-5-3-4-6-16(15)23-11-25(19)2/h6-12H,13H2,1-5H3;8-14,17H,4-7H2,1-3H3;7-13H,14H2,1-6H3;3-11H,1-2H3/q4*+1. The Morgan fingerprint density at radius 2 is 0.750 bits per heavy atom. The lowest BCUT2D eigenvalue weighted by Gasteiger charge is -2.27. The Kier molecular flexibility index (Phi) is 21.4. The van der Waals surface area contributed by atoms with Crippen molar-refractivity contribution in [1.29, 1.82) is 0 Å². The Labute approximate surface area is 729 Å². The summed E-state index contributed by atoms with van der Waals surface area (Å²) in [5, 5.41) is 11.1. The number of hydrogen-bond acceptors (Lipinski definition) is 9. The molecule has 646 valence electrons. The maximum absolute atomic E-state index is 14.8. The first-order valence-electron chi connectivity index (χ1n) is 42.5. The number of nitrogens with zero attached hydrogens (tertiary/aromatic N) is 9. The van der Waals surface area contributed by atoms with Crippen molar-refractivity contribution in [2.24, 2.45) is 39.0 Å². The first-order chi connectivity index (χ1) is 60.9. The molecule has 21 rings (SSSR count). The summed E-state index contributed by atoms with van der Waals surface area (Å²) < 4.78 is 172. The van der Waals surface area contributed by atoms with Gasteiger partial charge >= 0.3 is 6.18 Å². The predicted molar refractivity (Wildman–Crippen MR) is 481 cm³/mol. The number of halogens is 10. The van der Waals surface area contributed by atoms with Crippen molar-refractivity contribution < 1.29 is 79.8 Å². The molecule has 20 aromatic rings. The minimum absolute atomic E-state index is 0.0137. The number of rotatable bonds is 8. The highest BCUT2D eigenvalue weighted by Gasteiger charge is 2.47. The summed E-state index contributed by atoms with van der Waals surface area (Å²) in [6.07, 6.45) is 9.33. The molecule has 0 aliphatic heterocycles. The van der Waals surface area contributed by atoms with E-state index in [1.165, 1.54) is 62.1 Å². The third kappa shape index (κ3) is 15.1. The number of hydrogen-bond donors (Lipinski definition) is 0. The van der Waals surface area contributed by atoms with Crippen molar-refractivity contribution in [2.45, 2.75) is 134 Å². The van der Waals surface area contributed by atoms with Gasteiger partial charge in [0, 0.05) is 63.3 Å². The smallest absolute Gasteiger partial charge is 0.394 e. The summed E-state index contributed by atoms with van der Waals surface area (Å²) >= 11 is 0. The zero-order valence-corrected chi connectivity index (χ0v) is 73.6. The molecule has 12 heterocycles. The van der Waals surface area contributed by atoms with E-state index in [2.05, 4.69) is 122 Å². The Balaban J connectivity index is 0.000000116. The van der Waals surface area contributed by atoms with Crippen molar-refractivity contribution in [3.05, 3.63) is 280 Å². The molecule has 0 bridgehead atoms. The van der Waals surface area contributed by atoms with E-state index in [9.17, 15) is 43.9 Å². The van der Waals surface area contributed by atoms with Crippen LogP contribution in [0.1, 0.15) is 122 Å². The second-order valence-corrected chi connectivity index (χ2v) is 36.1. The highest BCUT2D eigenvalue weighted by atomic mass is 19.4. The van der Waals surface area contributed by atoms with Gasteiger partial charge in [-0.1, -0.05) is 108 Å². The van der Waals surface area contributed by atoms with Crippen LogP contribution < -0.4 is 18.3 Å². The third-order valence-corrected chi connectivity index (χ3v) is 25.6. The van der Waals surface area contributed by atoms with Crippen LogP contribution in [0.15, 0.2) is 200 Å². The quantitative estimate of drug-likeness (QED) is 0.0828. The normalized spacial score (nSPS) is 13.0. The van der Waals surface area contributed by atoms with Crippen LogP contribution in [0.5, 0.6) is 0 Å². The molecule has 0 spiro atoms. The van der Waals surface area contributed by atoms with Crippen LogP contribution in [-0.4, -0.2) is 31.1 Å². The van der Waals surface area contributed by atoms with Gasteiger partial charge < -0.3 is 17.7 Å². The number of aryl methyl sites for hydroxylation is 8. The molecule has 0 saturated heterocycles. The monoisotopic (exact) mass is 1730 g/mol. The second kappa shape index (κ2) is 32.1. The predicted octanol–water partition coefficient (Wildman–Crippen LogP) is 26.4. The Bertz CT molecular complexity index is 8030. The molecule has 1 aliphatic rings. The van der Waals surface area contributed by atoms with E-state index in [4.69, 9.17) is 17.7 Å². The Morgan fingerprint density at radius 1 is 0.359 bits per heavy atom. The average Bonchev–Trinajstić information content (AvgIpc) is 1.62. The molecule has 8 aromatic carbocycles. The van der Waals surface area contributed by atoms with Crippen molar-refractivity contribution in [1.82, 2.24) is 24.9 Å². The molecule has 23 heteroatoms. The third-order valence-electron chi connectivity index (χ3n) is 25.6. The molecule has 0 N–H and O–H groups in total. The van der Waals surface area contributed by atoms with Gasteiger partial charge in [0.25, 0.3) is 6.33 Å². The van der Waals surface area contributed by atoms with Gasteiger partial charge in [-0.25, -0.2) is 31.4 Å². The van der Waals surface area contributed by atoms with Crippen LogP contribution in [0, 0.1) is 101 Å². The number of pyridine rings is 7. The number of fused-ring (bicyclic) bond motifs is 16. The number of aromatic nitrogens is 9. The van der Waals surface area contributed by atoms with E-state index in [-0.39, 0.29) is 45.1 Å². The van der Waals surface area contributed by atoms with Crippen molar-refractivity contribution in [3.63, 3.8) is 0 Å². The fourth-order valence-electron chi connectivity index (χ4n) is 18.8. The molecule has 1 fully saturated rings. The molecular weight excluding hydrogens is 1640 g/mol. The van der Waals surface area contributed by atoms with Crippen LogP contribution in [0.4, 0.5) is 43.9 Å². The highest BCUT2D eigenvalue weighted by Crippen LogP contribution is 2.48. The fraction of sp³-hybridized carbons (Fsp3) is 0.248. The average molecular weight is 1730 g/mol. The summed E-state index contributed by atoms with van der Waals surface area (Å²) in [6.45, 7) is 23.0. The molecule has 1 saturated carbocycles. The van der Waals surface area contributed by atoms with Gasteiger partial charge in [-0.2, -0.15) is 50.7 Å². The topological polar surface area (TPSA) is 133 Å². The van der Waals surface area contributed by atoms with Gasteiger partial charge in [-0.3, -0.25) is 0 Å². The van der Waals surface area contributed by atoms with Gasteiger partial charge in [0.05, 0.1) is 72.4 Å². The van der Waals surface area contributed by atoms with E-state index in [0.717, 1.165) is 152 Å². The second-order valence-electron chi connectivity index (χ2n) is 36.1. The van der Waals surface area contributed by atoms with Crippen molar-refractivity contribution >= 4 is 131 Å². The number of alkyl halides is 3. The molecule has 12 aromatic heterocycles. The summed E-state index contributed by atoms with van der Waals surface area (Å²) in [5.74, 6) is -4.74. The first-order valence-corrected chi connectivity index (χ1v) is 42.5. The first kappa shape index (κ1) is 85.2. The van der Waals surface area contributed by atoms with Crippen LogP contribution in [0.2, 0.25) is 0 Å². The Morgan fingerprint density at radius 3 is 1.20 bits per heavy atom. The lowest BCUT2D eigenvalue weighted by atomic mass is 9.84. The van der Waals surface area contributed by atoms with Crippen molar-refractivity contribution in [2.75, 3.05) is 0 Å². The van der Waals surface area contributed by atoms with Crippen LogP contribution in [-0.2, 0) is 41.0 Å². The van der Waals surface area contributed by atoms with Crippen LogP contribution in [0.3, 0.4) is 0 Å². The molecule has 1 aliphatic carbocycles. The van der Waals surface area contributed by atoms with Crippen molar-refractivity contribution in [3.8, 4) is 45.0 Å². The molecule has 0 atom stereocenters. The maximum atomic E-state index is 14.8. The minimum atomic E-state index is -4.33. The van der Waals surface area contributed by atoms with Gasteiger partial charge in [0.1, 0.15) is 49.9 Å². The lowest BCUT2D eigenvalue weighted by Crippen LogP contribution is -2.34. The largest absolute Gasteiger partial charge is 0.437 e. The molecule has 0 unspecified atom stereocenters. The van der Waals surface area contributed by atoms with E-state index >= 15 is 0 Å². The summed E-state index contributed by atoms with van der Waals surface area (Å²) in [6, 6.07) is 47.8. The molecule has 0 amide bonds.